The molecule has 1 aliphatic heterocycles. The summed E-state index contributed by atoms with van der Waals surface area (Å²) in [5.74, 6) is 0.776. The summed E-state index contributed by atoms with van der Waals surface area (Å²) < 4.78 is 6.22. The maximum atomic E-state index is 6.22. The summed E-state index contributed by atoms with van der Waals surface area (Å²) in [6.07, 6.45) is 13.3. The zero-order valence-electron chi connectivity index (χ0n) is 18.0. The lowest BCUT2D eigenvalue weighted by Gasteiger charge is -2.29. The van der Waals surface area contributed by atoms with Gasteiger partial charge in [0.15, 0.2) is 0 Å². The van der Waals surface area contributed by atoms with Gasteiger partial charge in [-0.1, -0.05) is 94.5 Å². The number of hydrogen-bond acceptors (Lipinski definition) is 1. The van der Waals surface area contributed by atoms with E-state index in [1.165, 1.54) is 86.5 Å². The summed E-state index contributed by atoms with van der Waals surface area (Å²) in [7, 11) is 0. The van der Waals surface area contributed by atoms with Crippen molar-refractivity contribution in [2.75, 3.05) is 6.61 Å². The first-order valence-electron chi connectivity index (χ1n) is 11.6. The van der Waals surface area contributed by atoms with E-state index < -0.39 is 0 Å². The molecule has 0 N–H and O–H groups in total. The van der Waals surface area contributed by atoms with Crippen molar-refractivity contribution >= 4 is 0 Å². The van der Waals surface area contributed by atoms with Gasteiger partial charge < -0.3 is 4.74 Å². The molecule has 0 aliphatic carbocycles. The zero-order chi connectivity index (χ0) is 19.6. The molecule has 0 bridgehead atoms. The Morgan fingerprint density at radius 1 is 0.750 bits per heavy atom. The highest BCUT2D eigenvalue weighted by atomic mass is 16.5. The first-order chi connectivity index (χ1) is 13.8. The lowest BCUT2D eigenvalue weighted by Crippen LogP contribution is -2.20. The van der Waals surface area contributed by atoms with Crippen LogP contribution in [0.5, 0.6) is 0 Å². The van der Waals surface area contributed by atoms with Crippen LogP contribution in [0.1, 0.15) is 88.9 Å². The van der Waals surface area contributed by atoms with Crippen LogP contribution >= 0.6 is 0 Å². The van der Waals surface area contributed by atoms with E-state index in [0.717, 1.165) is 12.5 Å². The van der Waals surface area contributed by atoms with Crippen LogP contribution in [0.4, 0.5) is 0 Å². The fourth-order valence-electron chi connectivity index (χ4n) is 4.31. The quantitative estimate of drug-likeness (QED) is 0.379. The number of hydrogen-bond donors (Lipinski definition) is 0. The van der Waals surface area contributed by atoms with E-state index >= 15 is 0 Å². The molecule has 3 rings (SSSR count). The standard InChI is InChI=1S/C27H38O/c1-3-5-7-9-22-11-14-24(15-12-22)25-16-18-26(19-17-25)27-20-13-23(21-28-27)10-8-6-4-2/h11-12,14-19,23,27H,3-10,13,20-21H2,1-2H3. The Morgan fingerprint density at radius 3 is 2.00 bits per heavy atom. The van der Waals surface area contributed by atoms with E-state index in [1.54, 1.807) is 0 Å². The summed E-state index contributed by atoms with van der Waals surface area (Å²) >= 11 is 0. The van der Waals surface area contributed by atoms with E-state index in [2.05, 4.69) is 62.4 Å². The van der Waals surface area contributed by atoms with Crippen molar-refractivity contribution in [2.45, 2.75) is 84.2 Å². The fraction of sp³-hybridized carbons (Fsp3) is 0.556. The number of ether oxygens (including phenoxy) is 1. The smallest absolute Gasteiger partial charge is 0.0825 e. The van der Waals surface area contributed by atoms with Crippen LogP contribution < -0.4 is 0 Å². The molecule has 1 fully saturated rings. The molecule has 0 radical (unpaired) electrons. The van der Waals surface area contributed by atoms with Crippen molar-refractivity contribution in [1.82, 2.24) is 0 Å². The molecule has 1 heterocycles. The number of unbranched alkanes of at least 4 members (excludes halogenated alkanes) is 4. The highest BCUT2D eigenvalue weighted by molar-refractivity contribution is 5.64. The van der Waals surface area contributed by atoms with Crippen LogP contribution in [0.3, 0.4) is 0 Å². The van der Waals surface area contributed by atoms with Gasteiger partial charge in [-0.15, -0.1) is 0 Å². The normalized spacial score (nSPS) is 19.6. The Morgan fingerprint density at radius 2 is 1.39 bits per heavy atom. The predicted octanol–water partition coefficient (Wildman–Crippen LogP) is 8.13. The molecule has 28 heavy (non-hydrogen) atoms. The second-order valence-electron chi connectivity index (χ2n) is 8.54. The van der Waals surface area contributed by atoms with Gasteiger partial charge in [0, 0.05) is 0 Å². The highest BCUT2D eigenvalue weighted by Gasteiger charge is 2.22. The maximum Gasteiger partial charge on any atom is 0.0825 e. The van der Waals surface area contributed by atoms with Crippen molar-refractivity contribution in [3.63, 3.8) is 0 Å². The fourth-order valence-corrected chi connectivity index (χ4v) is 4.31. The molecule has 0 aromatic heterocycles. The topological polar surface area (TPSA) is 9.23 Å². The second kappa shape index (κ2) is 11.4. The minimum Gasteiger partial charge on any atom is -0.373 e. The van der Waals surface area contributed by atoms with E-state index in [-0.39, 0.29) is 6.10 Å². The first-order valence-corrected chi connectivity index (χ1v) is 11.6. The molecule has 2 aromatic carbocycles. The molecule has 2 atom stereocenters. The van der Waals surface area contributed by atoms with Gasteiger partial charge >= 0.3 is 0 Å². The third-order valence-corrected chi connectivity index (χ3v) is 6.22. The average molecular weight is 379 g/mol. The summed E-state index contributed by atoms with van der Waals surface area (Å²) in [5, 5.41) is 0. The van der Waals surface area contributed by atoms with Crippen molar-refractivity contribution in [1.29, 1.82) is 0 Å². The summed E-state index contributed by atoms with van der Waals surface area (Å²) in [5.41, 5.74) is 5.41. The Balaban J connectivity index is 1.51. The molecule has 1 heteroatoms. The molecule has 1 nitrogen and oxygen atoms in total. The van der Waals surface area contributed by atoms with Crippen LogP contribution in [0, 0.1) is 5.92 Å². The molecular formula is C27H38O. The van der Waals surface area contributed by atoms with E-state index in [9.17, 15) is 0 Å². The van der Waals surface area contributed by atoms with Gasteiger partial charge in [0.2, 0.25) is 0 Å². The molecule has 0 spiro atoms. The monoisotopic (exact) mass is 378 g/mol. The average Bonchev–Trinajstić information content (AvgIpc) is 2.75. The van der Waals surface area contributed by atoms with Gasteiger partial charge in [-0.25, -0.2) is 0 Å². The number of benzene rings is 2. The molecule has 0 saturated carbocycles. The van der Waals surface area contributed by atoms with Crippen molar-refractivity contribution < 1.29 is 4.74 Å². The minimum absolute atomic E-state index is 0.289. The minimum atomic E-state index is 0.289. The summed E-state index contributed by atoms with van der Waals surface area (Å²) in [6.45, 7) is 5.48. The molecule has 1 aliphatic rings. The van der Waals surface area contributed by atoms with Gasteiger partial charge in [0.05, 0.1) is 12.7 Å². The molecule has 1 saturated heterocycles. The van der Waals surface area contributed by atoms with E-state index in [4.69, 9.17) is 4.74 Å². The SMILES string of the molecule is CCCCCc1ccc(-c2ccc(C3CCC(CCCCC)CO3)cc2)cc1. The van der Waals surface area contributed by atoms with Crippen LogP contribution in [-0.2, 0) is 11.2 Å². The molecular weight excluding hydrogens is 340 g/mol. The Hall–Kier alpha value is -1.60. The van der Waals surface area contributed by atoms with E-state index in [1.807, 2.05) is 0 Å². The van der Waals surface area contributed by atoms with Crippen LogP contribution in [0.25, 0.3) is 11.1 Å². The van der Waals surface area contributed by atoms with Gasteiger partial charge in [0.25, 0.3) is 0 Å². The van der Waals surface area contributed by atoms with Crippen molar-refractivity contribution in [3.8, 4) is 11.1 Å². The van der Waals surface area contributed by atoms with Gasteiger partial charge in [-0.3, -0.25) is 0 Å². The van der Waals surface area contributed by atoms with Gasteiger partial charge in [-0.05, 0) is 60.3 Å². The van der Waals surface area contributed by atoms with Crippen molar-refractivity contribution in [3.05, 3.63) is 59.7 Å². The Kier molecular flexibility index (Phi) is 8.61. The van der Waals surface area contributed by atoms with Crippen LogP contribution in [-0.4, -0.2) is 6.61 Å². The molecule has 152 valence electrons. The molecule has 0 amide bonds. The Labute approximate surface area is 172 Å². The zero-order valence-corrected chi connectivity index (χ0v) is 18.0. The largest absolute Gasteiger partial charge is 0.373 e. The van der Waals surface area contributed by atoms with Gasteiger partial charge in [0.1, 0.15) is 0 Å². The van der Waals surface area contributed by atoms with E-state index in [0.29, 0.717) is 0 Å². The third-order valence-electron chi connectivity index (χ3n) is 6.22. The van der Waals surface area contributed by atoms with Crippen LogP contribution in [0.2, 0.25) is 0 Å². The lowest BCUT2D eigenvalue weighted by molar-refractivity contribution is -0.0198. The second-order valence-corrected chi connectivity index (χ2v) is 8.54. The highest BCUT2D eigenvalue weighted by Crippen LogP contribution is 2.33. The lowest BCUT2D eigenvalue weighted by atomic mass is 9.90. The van der Waals surface area contributed by atoms with Crippen molar-refractivity contribution in [2.24, 2.45) is 5.92 Å². The van der Waals surface area contributed by atoms with Crippen LogP contribution in [0.15, 0.2) is 48.5 Å². The maximum absolute atomic E-state index is 6.22. The summed E-state index contributed by atoms with van der Waals surface area (Å²) in [4.78, 5) is 0. The third kappa shape index (κ3) is 6.21. The number of rotatable bonds is 10. The van der Waals surface area contributed by atoms with Gasteiger partial charge in [-0.2, -0.15) is 0 Å². The first kappa shape index (κ1) is 21.1. The molecule has 2 unspecified atom stereocenters. The predicted molar refractivity (Wildman–Crippen MR) is 121 cm³/mol. The molecule has 2 aromatic rings. The number of aryl methyl sites for hydroxylation is 1. The summed E-state index contributed by atoms with van der Waals surface area (Å²) in [6, 6.07) is 18.2. The Bertz CT molecular complexity index is 662.